The molecule has 3 rings (SSSR count). The fraction of sp³-hybridized carbons (Fsp3) is 0.273. The van der Waals surface area contributed by atoms with Crippen molar-refractivity contribution in [3.05, 3.63) is 59.4 Å². The van der Waals surface area contributed by atoms with Crippen LogP contribution in [0.2, 0.25) is 0 Å². The van der Waals surface area contributed by atoms with E-state index in [0.29, 0.717) is 22.8 Å². The Balaban J connectivity index is 1.65. The van der Waals surface area contributed by atoms with Crippen molar-refractivity contribution in [2.45, 2.75) is 38.1 Å². The average Bonchev–Trinajstić information content (AvgIpc) is 2.68. The predicted octanol–water partition coefficient (Wildman–Crippen LogP) is 4.88. The van der Waals surface area contributed by atoms with E-state index >= 15 is 0 Å². The molecule has 0 unspecified atom stereocenters. The van der Waals surface area contributed by atoms with Gasteiger partial charge in [-0.15, -0.1) is 11.8 Å². The van der Waals surface area contributed by atoms with Crippen LogP contribution in [0.15, 0.2) is 47.5 Å². The maximum atomic E-state index is 12.5. The van der Waals surface area contributed by atoms with Crippen molar-refractivity contribution < 1.29 is 4.79 Å². The first-order chi connectivity index (χ1) is 13.6. The third-order valence-electron chi connectivity index (χ3n) is 4.23. The number of hydrogen-bond donors (Lipinski definition) is 1. The van der Waals surface area contributed by atoms with Gasteiger partial charge in [-0.25, -0.2) is 4.98 Å². The van der Waals surface area contributed by atoms with Gasteiger partial charge in [0.15, 0.2) is 0 Å². The third kappa shape index (κ3) is 4.87. The highest BCUT2D eigenvalue weighted by Crippen LogP contribution is 2.24. The molecule has 0 saturated carbocycles. The Morgan fingerprint density at radius 2 is 2.04 bits per heavy atom. The van der Waals surface area contributed by atoms with Crippen LogP contribution in [0.3, 0.4) is 0 Å². The number of pyridine rings is 2. The highest BCUT2D eigenvalue weighted by atomic mass is 32.2. The number of benzene rings is 1. The summed E-state index contributed by atoms with van der Waals surface area (Å²) in [7, 11) is 0. The molecule has 1 aromatic carbocycles. The molecule has 5 nitrogen and oxygen atoms in total. The number of anilines is 1. The van der Waals surface area contributed by atoms with Gasteiger partial charge in [0.05, 0.1) is 16.8 Å². The number of para-hydroxylation sites is 1. The molecule has 1 N–H and O–H groups in total. The number of fused-ring (bicyclic) bond motifs is 1. The fourth-order valence-corrected chi connectivity index (χ4v) is 3.87. The molecule has 6 heteroatoms. The lowest BCUT2D eigenvalue weighted by Gasteiger charge is -2.10. The number of carbonyl (C=O) groups is 1. The zero-order chi connectivity index (χ0) is 19.9. The van der Waals surface area contributed by atoms with Crippen LogP contribution in [0.1, 0.15) is 36.7 Å². The van der Waals surface area contributed by atoms with E-state index in [1.54, 1.807) is 0 Å². The van der Waals surface area contributed by atoms with Gasteiger partial charge >= 0.3 is 0 Å². The summed E-state index contributed by atoms with van der Waals surface area (Å²) in [5.41, 5.74) is 4.04. The summed E-state index contributed by atoms with van der Waals surface area (Å²) in [6.45, 7) is 4.01. The van der Waals surface area contributed by atoms with Gasteiger partial charge in [0.2, 0.25) is 5.91 Å². The summed E-state index contributed by atoms with van der Waals surface area (Å²) < 4.78 is 0. The molecule has 28 heavy (non-hydrogen) atoms. The minimum atomic E-state index is -0.0635. The number of aromatic nitrogens is 2. The molecule has 2 heterocycles. The van der Waals surface area contributed by atoms with Crippen LogP contribution in [-0.2, 0) is 11.2 Å². The molecule has 142 valence electrons. The molecule has 0 bridgehead atoms. The van der Waals surface area contributed by atoms with Gasteiger partial charge in [-0.2, -0.15) is 5.26 Å². The number of amides is 1. The van der Waals surface area contributed by atoms with Gasteiger partial charge in [-0.1, -0.05) is 31.5 Å². The van der Waals surface area contributed by atoms with E-state index in [1.807, 2.05) is 49.4 Å². The van der Waals surface area contributed by atoms with Crippen molar-refractivity contribution in [1.82, 2.24) is 9.97 Å². The van der Waals surface area contributed by atoms with E-state index in [1.165, 1.54) is 11.8 Å². The molecule has 0 aliphatic carbocycles. The van der Waals surface area contributed by atoms with Crippen molar-refractivity contribution in [1.29, 1.82) is 5.26 Å². The second-order valence-corrected chi connectivity index (χ2v) is 7.58. The SMILES string of the molecule is CCCc1ccc(C#N)c(SCCC(=O)Nc2cc(C)nc3ccccc23)n1. The van der Waals surface area contributed by atoms with Crippen LogP contribution in [0.25, 0.3) is 10.9 Å². The number of nitrogens with one attached hydrogen (secondary N) is 1. The number of hydrogen-bond acceptors (Lipinski definition) is 5. The van der Waals surface area contributed by atoms with Crippen molar-refractivity contribution in [2.24, 2.45) is 0 Å². The van der Waals surface area contributed by atoms with E-state index < -0.39 is 0 Å². The lowest BCUT2D eigenvalue weighted by Crippen LogP contribution is -2.13. The van der Waals surface area contributed by atoms with Gasteiger partial charge in [0.1, 0.15) is 11.1 Å². The maximum absolute atomic E-state index is 12.5. The Labute approximate surface area is 169 Å². The van der Waals surface area contributed by atoms with Crippen LogP contribution in [-0.4, -0.2) is 21.6 Å². The Kier molecular flexibility index (Phi) is 6.62. The number of aryl methyl sites for hydroxylation is 2. The quantitative estimate of drug-likeness (QED) is 0.582. The third-order valence-corrected chi connectivity index (χ3v) is 5.22. The second kappa shape index (κ2) is 9.34. The van der Waals surface area contributed by atoms with Crippen LogP contribution in [0, 0.1) is 18.3 Å². The summed E-state index contributed by atoms with van der Waals surface area (Å²) in [5, 5.41) is 13.9. The Hall–Kier alpha value is -2.91. The lowest BCUT2D eigenvalue weighted by atomic mass is 10.1. The molecular formula is C22H22N4OS. The van der Waals surface area contributed by atoms with Gasteiger partial charge in [0.25, 0.3) is 0 Å². The first kappa shape index (κ1) is 19.8. The molecule has 0 aliphatic heterocycles. The second-order valence-electron chi connectivity index (χ2n) is 6.49. The summed E-state index contributed by atoms with van der Waals surface area (Å²) in [5.74, 6) is 0.497. The van der Waals surface area contributed by atoms with Crippen LogP contribution >= 0.6 is 11.8 Å². The Morgan fingerprint density at radius 3 is 2.82 bits per heavy atom. The standard InChI is InChI=1S/C22H22N4OS/c1-3-6-17-10-9-16(14-23)22(25-17)28-12-11-21(27)26-20-13-15(2)24-19-8-5-4-7-18(19)20/h4-5,7-10,13H,3,6,11-12H2,1-2H3,(H,24,26,27). The van der Waals surface area contributed by atoms with Gasteiger partial charge in [0, 0.05) is 28.9 Å². The van der Waals surface area contributed by atoms with Crippen molar-refractivity contribution in [3.63, 3.8) is 0 Å². The molecule has 0 atom stereocenters. The maximum Gasteiger partial charge on any atom is 0.225 e. The zero-order valence-electron chi connectivity index (χ0n) is 16.0. The fourth-order valence-electron chi connectivity index (χ4n) is 2.93. The molecular weight excluding hydrogens is 368 g/mol. The van der Waals surface area contributed by atoms with E-state index in [9.17, 15) is 10.1 Å². The van der Waals surface area contributed by atoms with Gasteiger partial charge < -0.3 is 5.32 Å². The van der Waals surface area contributed by atoms with Crippen LogP contribution in [0.5, 0.6) is 0 Å². The predicted molar refractivity (Wildman–Crippen MR) is 113 cm³/mol. The molecule has 0 radical (unpaired) electrons. The molecule has 2 aromatic heterocycles. The molecule has 0 aliphatic rings. The normalized spacial score (nSPS) is 10.6. The Morgan fingerprint density at radius 1 is 1.21 bits per heavy atom. The largest absolute Gasteiger partial charge is 0.325 e. The number of thioether (sulfide) groups is 1. The first-order valence-electron chi connectivity index (χ1n) is 9.29. The molecule has 0 spiro atoms. The van der Waals surface area contributed by atoms with E-state index in [4.69, 9.17) is 0 Å². The van der Waals surface area contributed by atoms with Crippen LogP contribution in [0.4, 0.5) is 5.69 Å². The summed E-state index contributed by atoms with van der Waals surface area (Å²) in [6.07, 6.45) is 2.23. The molecule has 1 amide bonds. The minimum Gasteiger partial charge on any atom is -0.325 e. The van der Waals surface area contributed by atoms with E-state index in [-0.39, 0.29) is 5.91 Å². The van der Waals surface area contributed by atoms with Crippen LogP contribution < -0.4 is 5.32 Å². The van der Waals surface area contributed by atoms with Crippen molar-refractivity contribution in [2.75, 3.05) is 11.1 Å². The van der Waals surface area contributed by atoms with Gasteiger partial charge in [-0.05, 0) is 37.6 Å². The van der Waals surface area contributed by atoms with Crippen molar-refractivity contribution >= 4 is 34.3 Å². The number of rotatable bonds is 7. The van der Waals surface area contributed by atoms with E-state index in [2.05, 4.69) is 28.3 Å². The smallest absolute Gasteiger partial charge is 0.225 e. The number of nitrogens with zero attached hydrogens (tertiary/aromatic N) is 3. The van der Waals surface area contributed by atoms with E-state index in [0.717, 1.165) is 40.8 Å². The monoisotopic (exact) mass is 390 g/mol. The topological polar surface area (TPSA) is 78.7 Å². The molecule has 0 saturated heterocycles. The van der Waals surface area contributed by atoms with Crippen molar-refractivity contribution in [3.8, 4) is 6.07 Å². The highest BCUT2D eigenvalue weighted by molar-refractivity contribution is 7.99. The average molecular weight is 391 g/mol. The summed E-state index contributed by atoms with van der Waals surface area (Å²) in [4.78, 5) is 21.5. The molecule has 0 fully saturated rings. The number of nitriles is 1. The molecule has 3 aromatic rings. The Bertz CT molecular complexity index is 1040. The lowest BCUT2D eigenvalue weighted by molar-refractivity contribution is -0.115. The first-order valence-corrected chi connectivity index (χ1v) is 10.3. The highest BCUT2D eigenvalue weighted by Gasteiger charge is 2.10. The summed E-state index contributed by atoms with van der Waals surface area (Å²) in [6, 6.07) is 15.5. The number of carbonyl (C=O) groups excluding carboxylic acids is 1. The van der Waals surface area contributed by atoms with Gasteiger partial charge in [-0.3, -0.25) is 9.78 Å². The zero-order valence-corrected chi connectivity index (χ0v) is 16.8. The summed E-state index contributed by atoms with van der Waals surface area (Å²) >= 11 is 1.45. The minimum absolute atomic E-state index is 0.0635.